The molecule has 1 fully saturated rings. The molecule has 1 aliphatic rings. The SMILES string of the molecule is COc1cc(Nc2cnc3ccc(NC(=O)N(S)C4CCN(C)CC4F)nc3n2)cc(OC)c1OC. The quantitative estimate of drug-likeness (QED) is 0.405. The summed E-state index contributed by atoms with van der Waals surface area (Å²) >= 11 is 4.25. The molecule has 11 nitrogen and oxygen atoms in total. The van der Waals surface area contributed by atoms with Gasteiger partial charge in [0, 0.05) is 30.9 Å². The van der Waals surface area contributed by atoms with E-state index in [2.05, 4.69) is 38.4 Å². The third kappa shape index (κ3) is 5.46. The zero-order chi connectivity index (χ0) is 25.8. The molecule has 1 aliphatic heterocycles. The maximum atomic E-state index is 14.4. The van der Waals surface area contributed by atoms with Crippen molar-refractivity contribution in [3.63, 3.8) is 0 Å². The van der Waals surface area contributed by atoms with Gasteiger partial charge in [-0.15, -0.1) is 0 Å². The number of fused-ring (bicyclic) bond motifs is 1. The number of piperidine rings is 1. The van der Waals surface area contributed by atoms with Gasteiger partial charge in [-0.05, 0) is 25.6 Å². The number of halogens is 1. The molecular weight excluding hydrogens is 489 g/mol. The molecule has 3 heterocycles. The lowest BCUT2D eigenvalue weighted by atomic mass is 10.0. The average Bonchev–Trinajstić information content (AvgIpc) is 2.87. The van der Waals surface area contributed by atoms with Crippen molar-refractivity contribution in [1.29, 1.82) is 0 Å². The van der Waals surface area contributed by atoms with Gasteiger partial charge in [-0.2, -0.15) is 0 Å². The number of urea groups is 1. The third-order valence-corrected chi connectivity index (χ3v) is 6.29. The van der Waals surface area contributed by atoms with Crippen molar-refractivity contribution in [1.82, 2.24) is 24.2 Å². The number of thiol groups is 1. The summed E-state index contributed by atoms with van der Waals surface area (Å²) in [4.78, 5) is 27.8. The second-order valence-corrected chi connectivity index (χ2v) is 8.67. The van der Waals surface area contributed by atoms with Crippen LogP contribution in [0, 0.1) is 0 Å². The molecule has 36 heavy (non-hydrogen) atoms. The highest BCUT2D eigenvalue weighted by atomic mass is 32.1. The number of hydrogen-bond donors (Lipinski definition) is 3. The molecule has 2 amide bonds. The van der Waals surface area contributed by atoms with E-state index >= 15 is 0 Å². The van der Waals surface area contributed by atoms with Gasteiger partial charge in [0.25, 0.3) is 0 Å². The number of benzene rings is 1. The van der Waals surface area contributed by atoms with E-state index in [4.69, 9.17) is 14.2 Å². The number of rotatable bonds is 7. The van der Waals surface area contributed by atoms with Crippen LogP contribution in [-0.4, -0.2) is 83.9 Å². The van der Waals surface area contributed by atoms with Gasteiger partial charge in [-0.1, -0.05) is 12.8 Å². The first-order valence-electron chi connectivity index (χ1n) is 11.2. The van der Waals surface area contributed by atoms with Crippen LogP contribution in [0.15, 0.2) is 30.5 Å². The van der Waals surface area contributed by atoms with Gasteiger partial charge < -0.3 is 24.4 Å². The van der Waals surface area contributed by atoms with Crippen molar-refractivity contribution < 1.29 is 23.4 Å². The highest BCUT2D eigenvalue weighted by Gasteiger charge is 2.33. The lowest BCUT2D eigenvalue weighted by Crippen LogP contribution is -2.51. The second kappa shape index (κ2) is 11.0. The molecule has 2 N–H and O–H groups in total. The molecule has 2 aromatic heterocycles. The normalized spacial score (nSPS) is 17.9. The van der Waals surface area contributed by atoms with E-state index in [1.54, 1.807) is 30.5 Å². The number of methoxy groups -OCH3 is 3. The molecule has 192 valence electrons. The lowest BCUT2D eigenvalue weighted by Gasteiger charge is -2.36. The summed E-state index contributed by atoms with van der Waals surface area (Å²) in [5.41, 5.74) is 1.47. The molecule has 2 atom stereocenters. The van der Waals surface area contributed by atoms with Gasteiger partial charge in [0.2, 0.25) is 5.75 Å². The topological polar surface area (TPSA) is 114 Å². The van der Waals surface area contributed by atoms with Crippen molar-refractivity contribution in [3.8, 4) is 17.2 Å². The number of anilines is 3. The average molecular weight is 518 g/mol. The molecular formula is C23H28FN7O4S. The fourth-order valence-electron chi connectivity index (χ4n) is 3.97. The molecule has 0 bridgehead atoms. The van der Waals surface area contributed by atoms with Gasteiger partial charge in [0.15, 0.2) is 23.0 Å². The molecule has 1 saturated heterocycles. The van der Waals surface area contributed by atoms with Gasteiger partial charge in [-0.25, -0.2) is 24.1 Å². The van der Waals surface area contributed by atoms with Gasteiger partial charge in [0.05, 0.1) is 33.6 Å². The number of pyridine rings is 1. The number of nitrogens with zero attached hydrogens (tertiary/aromatic N) is 5. The van der Waals surface area contributed by atoms with E-state index in [0.717, 1.165) is 4.31 Å². The summed E-state index contributed by atoms with van der Waals surface area (Å²) < 4.78 is 31.7. The van der Waals surface area contributed by atoms with Gasteiger partial charge in [0.1, 0.15) is 17.5 Å². The van der Waals surface area contributed by atoms with Crippen molar-refractivity contribution in [2.75, 3.05) is 52.1 Å². The van der Waals surface area contributed by atoms with E-state index < -0.39 is 18.2 Å². The number of amides is 2. The van der Waals surface area contributed by atoms with Crippen molar-refractivity contribution in [2.24, 2.45) is 0 Å². The molecule has 0 spiro atoms. The zero-order valence-corrected chi connectivity index (χ0v) is 21.3. The Morgan fingerprint density at radius 1 is 1.14 bits per heavy atom. The lowest BCUT2D eigenvalue weighted by molar-refractivity contribution is 0.1000. The van der Waals surface area contributed by atoms with Crippen LogP contribution in [0.5, 0.6) is 17.2 Å². The Bertz CT molecular complexity index is 1230. The number of carbonyl (C=O) groups is 1. The van der Waals surface area contributed by atoms with E-state index in [1.165, 1.54) is 21.3 Å². The smallest absolute Gasteiger partial charge is 0.333 e. The van der Waals surface area contributed by atoms with Crippen LogP contribution in [0.25, 0.3) is 11.2 Å². The van der Waals surface area contributed by atoms with Crippen LogP contribution in [-0.2, 0) is 0 Å². The highest BCUT2D eigenvalue weighted by molar-refractivity contribution is 7.78. The number of likely N-dealkylation sites (tertiary alicyclic amines) is 1. The molecule has 2 unspecified atom stereocenters. The number of nitrogens with one attached hydrogen (secondary N) is 2. The van der Waals surface area contributed by atoms with E-state index in [1.807, 2.05) is 11.9 Å². The van der Waals surface area contributed by atoms with Crippen LogP contribution in [0.4, 0.5) is 26.5 Å². The number of carbonyl (C=O) groups excluding carboxylic acids is 1. The van der Waals surface area contributed by atoms with Crippen molar-refractivity contribution >= 4 is 47.3 Å². The Hall–Kier alpha value is -3.58. The number of ether oxygens (including phenoxy) is 3. The Balaban J connectivity index is 1.52. The third-order valence-electron chi connectivity index (χ3n) is 5.81. The van der Waals surface area contributed by atoms with Crippen LogP contribution in [0.2, 0.25) is 0 Å². The summed E-state index contributed by atoms with van der Waals surface area (Å²) in [5.74, 6) is 2.08. The van der Waals surface area contributed by atoms with Crippen LogP contribution >= 0.6 is 12.8 Å². The summed E-state index contributed by atoms with van der Waals surface area (Å²) in [6.07, 6.45) is 0.857. The first-order chi connectivity index (χ1) is 17.3. The summed E-state index contributed by atoms with van der Waals surface area (Å²) in [6.45, 7) is 0.932. The van der Waals surface area contributed by atoms with Gasteiger partial charge >= 0.3 is 6.03 Å². The largest absolute Gasteiger partial charge is 0.493 e. The monoisotopic (exact) mass is 517 g/mol. The molecule has 3 aromatic rings. The van der Waals surface area contributed by atoms with Crippen LogP contribution in [0.1, 0.15) is 6.42 Å². The Labute approximate surface area is 213 Å². The molecule has 0 saturated carbocycles. The standard InChI is InChI=1S/C23H28FN7O4S/c1-30-8-7-16(14(24)12-30)31(36)23(32)29-19-6-5-15-22(27-19)28-20(11-25-15)26-13-9-17(33-2)21(35-4)18(10-13)34-3/h5-6,9-11,14,16,36H,7-8,12H2,1-4H3,(H2,26,27,28,29,32). The molecule has 1 aromatic carbocycles. The number of aromatic nitrogens is 3. The maximum Gasteiger partial charge on any atom is 0.333 e. The van der Waals surface area contributed by atoms with Crippen molar-refractivity contribution in [3.05, 3.63) is 30.5 Å². The second-order valence-electron chi connectivity index (χ2n) is 8.24. The fraction of sp³-hybridized carbons (Fsp3) is 0.391. The first kappa shape index (κ1) is 25.5. The highest BCUT2D eigenvalue weighted by Crippen LogP contribution is 2.40. The summed E-state index contributed by atoms with van der Waals surface area (Å²) in [7, 11) is 6.43. The minimum atomic E-state index is -1.19. The van der Waals surface area contributed by atoms with Crippen LogP contribution < -0.4 is 24.8 Å². The minimum Gasteiger partial charge on any atom is -0.493 e. The molecule has 0 radical (unpaired) electrons. The first-order valence-corrected chi connectivity index (χ1v) is 11.6. The fourth-order valence-corrected chi connectivity index (χ4v) is 4.28. The van der Waals surface area contributed by atoms with Crippen molar-refractivity contribution in [2.45, 2.75) is 18.6 Å². The minimum absolute atomic E-state index is 0.245. The number of hydrogen-bond acceptors (Lipinski definition) is 10. The summed E-state index contributed by atoms with van der Waals surface area (Å²) in [5, 5.41) is 5.80. The van der Waals surface area contributed by atoms with Crippen LogP contribution in [0.3, 0.4) is 0 Å². The van der Waals surface area contributed by atoms with E-state index in [-0.39, 0.29) is 12.4 Å². The predicted molar refractivity (Wildman–Crippen MR) is 137 cm³/mol. The number of alkyl halides is 1. The maximum absolute atomic E-state index is 14.4. The molecule has 4 rings (SSSR count). The summed E-state index contributed by atoms with van der Waals surface area (Å²) in [6, 6.07) is 5.56. The predicted octanol–water partition coefficient (Wildman–Crippen LogP) is 3.52. The Kier molecular flexibility index (Phi) is 7.79. The van der Waals surface area contributed by atoms with E-state index in [0.29, 0.717) is 52.9 Å². The van der Waals surface area contributed by atoms with Gasteiger partial charge in [-0.3, -0.25) is 9.62 Å². The molecule has 13 heteroatoms. The van der Waals surface area contributed by atoms with E-state index in [9.17, 15) is 9.18 Å². The Morgan fingerprint density at radius 3 is 2.47 bits per heavy atom. The zero-order valence-electron chi connectivity index (χ0n) is 20.4. The molecule has 0 aliphatic carbocycles. The Morgan fingerprint density at radius 2 is 1.83 bits per heavy atom.